The van der Waals surface area contributed by atoms with Gasteiger partial charge in [-0.25, -0.2) is 0 Å². The molecule has 3 nitrogen and oxygen atoms in total. The number of hydrogen-bond acceptors (Lipinski definition) is 3. The van der Waals surface area contributed by atoms with Gasteiger partial charge in [-0.3, -0.25) is 0 Å². The van der Waals surface area contributed by atoms with Crippen LogP contribution in [0.1, 0.15) is 22.3 Å². The summed E-state index contributed by atoms with van der Waals surface area (Å²) in [6.07, 6.45) is 0. The second-order valence-corrected chi connectivity index (χ2v) is 3.29. The first-order valence-electron chi connectivity index (χ1n) is 4.13. The van der Waals surface area contributed by atoms with Gasteiger partial charge >= 0.3 is 0 Å². The minimum Gasteiger partial charge on any atom is -0.505 e. The number of hydrogen-bond donors (Lipinski definition) is 1. The van der Waals surface area contributed by atoms with Gasteiger partial charge < -0.3 is 5.11 Å². The van der Waals surface area contributed by atoms with E-state index in [0.29, 0.717) is 0 Å². The van der Waals surface area contributed by atoms with Crippen molar-refractivity contribution in [3.8, 4) is 5.75 Å². The van der Waals surface area contributed by atoms with E-state index in [1.807, 2.05) is 13.8 Å². The second-order valence-electron chi connectivity index (χ2n) is 3.29. The highest BCUT2D eigenvalue weighted by molar-refractivity contribution is 5.65. The summed E-state index contributed by atoms with van der Waals surface area (Å²) in [5, 5.41) is 12.4. The number of phenols is 1. The molecule has 0 aliphatic heterocycles. The Hall–Kier alpha value is -1.38. The molecule has 1 aromatic rings. The zero-order valence-corrected chi connectivity index (χ0v) is 8.30. The van der Waals surface area contributed by atoms with E-state index in [0.717, 1.165) is 22.3 Å². The number of nitroso groups, excluding NO2 is 1. The van der Waals surface area contributed by atoms with Crippen molar-refractivity contribution < 1.29 is 5.11 Å². The van der Waals surface area contributed by atoms with Crippen molar-refractivity contribution in [2.24, 2.45) is 5.18 Å². The average Bonchev–Trinajstić information content (AvgIpc) is 2.13. The van der Waals surface area contributed by atoms with Crippen molar-refractivity contribution >= 4 is 5.69 Å². The van der Waals surface area contributed by atoms with Crippen molar-refractivity contribution in [3.63, 3.8) is 0 Å². The quantitative estimate of drug-likeness (QED) is 0.673. The third-order valence-electron chi connectivity index (χ3n) is 2.71. The third-order valence-corrected chi connectivity index (χ3v) is 2.71. The van der Waals surface area contributed by atoms with Crippen molar-refractivity contribution in [2.45, 2.75) is 27.7 Å². The molecule has 0 fully saturated rings. The Balaban J connectivity index is 3.66. The number of rotatable bonds is 1. The zero-order valence-electron chi connectivity index (χ0n) is 8.30. The molecule has 0 atom stereocenters. The molecule has 0 unspecified atom stereocenters. The Morgan fingerprint density at radius 1 is 0.923 bits per heavy atom. The summed E-state index contributed by atoms with van der Waals surface area (Å²) in [4.78, 5) is 10.5. The molecule has 0 bridgehead atoms. The minimum atomic E-state index is 0.00981. The maximum Gasteiger partial charge on any atom is 0.153 e. The smallest absolute Gasteiger partial charge is 0.153 e. The molecule has 70 valence electrons. The van der Waals surface area contributed by atoms with Crippen LogP contribution in [0.4, 0.5) is 5.69 Å². The third kappa shape index (κ3) is 1.30. The summed E-state index contributed by atoms with van der Waals surface area (Å²) in [6, 6.07) is 0. The van der Waals surface area contributed by atoms with Gasteiger partial charge in [0.05, 0.1) is 0 Å². The van der Waals surface area contributed by atoms with Gasteiger partial charge in [0.2, 0.25) is 0 Å². The van der Waals surface area contributed by atoms with Crippen LogP contribution in [0.2, 0.25) is 0 Å². The molecule has 0 aliphatic rings. The van der Waals surface area contributed by atoms with Gasteiger partial charge in [-0.2, -0.15) is 0 Å². The molecule has 1 rings (SSSR count). The fourth-order valence-electron chi connectivity index (χ4n) is 1.38. The Morgan fingerprint density at radius 3 is 1.85 bits per heavy atom. The van der Waals surface area contributed by atoms with Crippen LogP contribution < -0.4 is 0 Å². The highest BCUT2D eigenvalue weighted by Gasteiger charge is 2.14. The lowest BCUT2D eigenvalue weighted by molar-refractivity contribution is 0.471. The molecule has 0 saturated carbocycles. The Morgan fingerprint density at radius 2 is 1.38 bits per heavy atom. The molecule has 0 radical (unpaired) electrons. The van der Waals surface area contributed by atoms with E-state index in [4.69, 9.17) is 0 Å². The van der Waals surface area contributed by atoms with Gasteiger partial charge in [0.25, 0.3) is 0 Å². The summed E-state index contributed by atoms with van der Waals surface area (Å²) >= 11 is 0. The highest BCUT2D eigenvalue weighted by Crippen LogP contribution is 2.37. The van der Waals surface area contributed by atoms with E-state index >= 15 is 0 Å². The molecule has 1 aromatic carbocycles. The largest absolute Gasteiger partial charge is 0.505 e. The molecule has 0 spiro atoms. The molecular weight excluding hydrogens is 166 g/mol. The van der Waals surface area contributed by atoms with Gasteiger partial charge in [0.15, 0.2) is 5.69 Å². The van der Waals surface area contributed by atoms with Gasteiger partial charge in [-0.15, -0.1) is 4.91 Å². The van der Waals surface area contributed by atoms with Crippen molar-refractivity contribution in [1.82, 2.24) is 0 Å². The summed E-state index contributed by atoms with van der Waals surface area (Å²) < 4.78 is 0. The molecule has 0 heterocycles. The molecule has 3 heteroatoms. The van der Waals surface area contributed by atoms with Gasteiger partial charge in [0.1, 0.15) is 5.75 Å². The molecule has 1 N–H and O–H groups in total. The topological polar surface area (TPSA) is 49.7 Å². The number of nitrogens with zero attached hydrogens (tertiary/aromatic N) is 1. The zero-order chi connectivity index (χ0) is 10.2. The van der Waals surface area contributed by atoms with Crippen LogP contribution in [0.15, 0.2) is 5.18 Å². The normalized spacial score (nSPS) is 10.2. The van der Waals surface area contributed by atoms with E-state index in [9.17, 15) is 10.0 Å². The maximum atomic E-state index is 10.5. The lowest BCUT2D eigenvalue weighted by Crippen LogP contribution is -1.92. The Bertz CT molecular complexity index is 341. The van der Waals surface area contributed by atoms with Crippen LogP contribution in [-0.2, 0) is 0 Å². The van der Waals surface area contributed by atoms with Gasteiger partial charge in [-0.1, -0.05) is 0 Å². The first-order valence-corrected chi connectivity index (χ1v) is 4.13. The molecule has 13 heavy (non-hydrogen) atoms. The van der Waals surface area contributed by atoms with Crippen molar-refractivity contribution in [1.29, 1.82) is 0 Å². The lowest BCUT2D eigenvalue weighted by atomic mass is 9.97. The van der Waals surface area contributed by atoms with E-state index < -0.39 is 0 Å². The van der Waals surface area contributed by atoms with Gasteiger partial charge in [-0.05, 0) is 55.1 Å². The predicted octanol–water partition coefficient (Wildman–Crippen LogP) is 3.02. The average molecular weight is 179 g/mol. The minimum absolute atomic E-state index is 0.00981. The molecule has 0 amide bonds. The fraction of sp³-hybridized carbons (Fsp3) is 0.400. The summed E-state index contributed by atoms with van der Waals surface area (Å²) in [6.45, 7) is 7.42. The first kappa shape index (κ1) is 9.71. The van der Waals surface area contributed by atoms with Crippen LogP contribution in [0.3, 0.4) is 0 Å². The molecule has 0 saturated heterocycles. The van der Waals surface area contributed by atoms with Crippen LogP contribution in [0.25, 0.3) is 0 Å². The number of benzene rings is 1. The van der Waals surface area contributed by atoms with Crippen molar-refractivity contribution in [2.75, 3.05) is 0 Å². The number of phenolic OH excluding ortho intramolecular Hbond substituents is 1. The molecule has 0 aliphatic carbocycles. The Labute approximate surface area is 77.4 Å². The van der Waals surface area contributed by atoms with Crippen LogP contribution in [0.5, 0.6) is 5.75 Å². The first-order chi connectivity index (χ1) is 6.00. The predicted molar refractivity (Wildman–Crippen MR) is 52.5 cm³/mol. The second kappa shape index (κ2) is 3.17. The highest BCUT2D eigenvalue weighted by atomic mass is 16.3. The standard InChI is InChI=1S/C10H13NO2/c1-5-6(2)8(4)10(12)9(11-13)7(5)3/h12H,1-4H3. The lowest BCUT2D eigenvalue weighted by Gasteiger charge is -2.12. The van der Waals surface area contributed by atoms with E-state index in [-0.39, 0.29) is 11.4 Å². The summed E-state index contributed by atoms with van der Waals surface area (Å²) in [7, 11) is 0. The molecule has 0 aromatic heterocycles. The fourth-order valence-corrected chi connectivity index (χ4v) is 1.38. The maximum absolute atomic E-state index is 10.5. The van der Waals surface area contributed by atoms with Gasteiger partial charge in [0, 0.05) is 0 Å². The SMILES string of the molecule is Cc1c(C)c(C)c(N=O)c(O)c1C. The van der Waals surface area contributed by atoms with E-state index in [2.05, 4.69) is 5.18 Å². The van der Waals surface area contributed by atoms with Crippen molar-refractivity contribution in [3.05, 3.63) is 27.2 Å². The number of aromatic hydroxyl groups is 1. The van der Waals surface area contributed by atoms with E-state index in [1.165, 1.54) is 0 Å². The van der Waals surface area contributed by atoms with E-state index in [1.54, 1.807) is 13.8 Å². The summed E-state index contributed by atoms with van der Waals surface area (Å²) in [5.74, 6) is 0.00981. The summed E-state index contributed by atoms with van der Waals surface area (Å²) in [5.41, 5.74) is 3.70. The van der Waals surface area contributed by atoms with Crippen LogP contribution in [-0.4, -0.2) is 5.11 Å². The van der Waals surface area contributed by atoms with Crippen LogP contribution >= 0.6 is 0 Å². The monoisotopic (exact) mass is 179 g/mol. The Kier molecular flexibility index (Phi) is 2.36. The van der Waals surface area contributed by atoms with Crippen LogP contribution in [0, 0.1) is 32.6 Å². The molecular formula is C10H13NO2.